The van der Waals surface area contributed by atoms with E-state index in [1.165, 1.54) is 18.4 Å². The zero-order valence-electron chi connectivity index (χ0n) is 10.9. The van der Waals surface area contributed by atoms with Gasteiger partial charge in [0.25, 0.3) is 0 Å². The molecular formula is C15H23NO2. The molecule has 1 aliphatic rings. The number of hydrogen-bond donors (Lipinski definition) is 1. The van der Waals surface area contributed by atoms with Crippen LogP contribution in [0.15, 0.2) is 30.3 Å². The summed E-state index contributed by atoms with van der Waals surface area (Å²) in [6.45, 7) is 3.79. The molecule has 0 aromatic heterocycles. The molecule has 18 heavy (non-hydrogen) atoms. The van der Waals surface area contributed by atoms with Crippen molar-refractivity contribution in [3.05, 3.63) is 35.9 Å². The zero-order chi connectivity index (χ0) is 12.6. The third-order valence-electron chi connectivity index (χ3n) is 3.46. The first-order chi connectivity index (χ1) is 8.88. The van der Waals surface area contributed by atoms with E-state index in [2.05, 4.69) is 29.2 Å². The van der Waals surface area contributed by atoms with Gasteiger partial charge in [0, 0.05) is 26.2 Å². The molecule has 0 spiro atoms. The molecule has 1 atom stereocenters. The lowest BCUT2D eigenvalue weighted by Gasteiger charge is -2.22. The van der Waals surface area contributed by atoms with Crippen molar-refractivity contribution in [3.8, 4) is 0 Å². The fourth-order valence-corrected chi connectivity index (χ4v) is 2.45. The molecule has 1 N–H and O–H groups in total. The van der Waals surface area contributed by atoms with Crippen molar-refractivity contribution in [2.24, 2.45) is 0 Å². The van der Waals surface area contributed by atoms with E-state index >= 15 is 0 Å². The molecule has 2 rings (SSSR count). The second kappa shape index (κ2) is 7.52. The van der Waals surface area contributed by atoms with Gasteiger partial charge < -0.3 is 9.84 Å². The van der Waals surface area contributed by atoms with Crippen LogP contribution in [0.5, 0.6) is 0 Å². The van der Waals surface area contributed by atoms with Gasteiger partial charge in [-0.3, -0.25) is 4.90 Å². The van der Waals surface area contributed by atoms with Crippen LogP contribution in [0.1, 0.15) is 24.8 Å². The minimum absolute atomic E-state index is 0.221. The van der Waals surface area contributed by atoms with Crippen LogP contribution in [0, 0.1) is 0 Å². The highest BCUT2D eigenvalue weighted by molar-refractivity contribution is 5.14. The van der Waals surface area contributed by atoms with Crippen molar-refractivity contribution < 1.29 is 9.84 Å². The first-order valence-electron chi connectivity index (χ1n) is 6.87. The number of aliphatic hydroxyl groups is 1. The van der Waals surface area contributed by atoms with E-state index in [-0.39, 0.29) is 6.61 Å². The van der Waals surface area contributed by atoms with E-state index in [1.54, 1.807) is 0 Å². The molecule has 0 radical (unpaired) electrons. The van der Waals surface area contributed by atoms with Crippen LogP contribution >= 0.6 is 0 Å². The molecule has 0 aliphatic carbocycles. The van der Waals surface area contributed by atoms with Crippen LogP contribution in [-0.2, 0) is 11.3 Å². The summed E-state index contributed by atoms with van der Waals surface area (Å²) in [4.78, 5) is 2.30. The maximum Gasteiger partial charge on any atom is 0.0588 e. The monoisotopic (exact) mass is 249 g/mol. The Hall–Kier alpha value is -0.900. The Labute approximate surface area is 109 Å². The zero-order valence-corrected chi connectivity index (χ0v) is 10.9. The van der Waals surface area contributed by atoms with Gasteiger partial charge in [-0.2, -0.15) is 0 Å². The van der Waals surface area contributed by atoms with Gasteiger partial charge in [0.2, 0.25) is 0 Å². The largest absolute Gasteiger partial charge is 0.395 e. The summed E-state index contributed by atoms with van der Waals surface area (Å²) >= 11 is 0. The lowest BCUT2D eigenvalue weighted by atomic mass is 10.1. The topological polar surface area (TPSA) is 32.7 Å². The van der Waals surface area contributed by atoms with Crippen molar-refractivity contribution in [2.45, 2.75) is 31.9 Å². The maximum absolute atomic E-state index is 9.13. The van der Waals surface area contributed by atoms with E-state index in [0.717, 1.165) is 32.7 Å². The molecule has 0 bridgehead atoms. The second-order valence-electron chi connectivity index (χ2n) is 4.91. The second-order valence-corrected chi connectivity index (χ2v) is 4.91. The van der Waals surface area contributed by atoms with Gasteiger partial charge in [-0.15, -0.1) is 0 Å². The third kappa shape index (κ3) is 4.41. The molecule has 1 saturated heterocycles. The van der Waals surface area contributed by atoms with Gasteiger partial charge in [-0.25, -0.2) is 0 Å². The maximum atomic E-state index is 9.13. The fourth-order valence-electron chi connectivity index (χ4n) is 2.45. The molecule has 1 aliphatic heterocycles. The van der Waals surface area contributed by atoms with Crippen molar-refractivity contribution in [1.29, 1.82) is 0 Å². The molecule has 1 heterocycles. The van der Waals surface area contributed by atoms with Gasteiger partial charge in [-0.1, -0.05) is 30.3 Å². The van der Waals surface area contributed by atoms with Crippen molar-refractivity contribution in [3.63, 3.8) is 0 Å². The molecular weight excluding hydrogens is 226 g/mol. The molecule has 1 unspecified atom stereocenters. The van der Waals surface area contributed by atoms with Crippen molar-refractivity contribution in [1.82, 2.24) is 4.90 Å². The van der Waals surface area contributed by atoms with E-state index in [1.807, 2.05) is 6.07 Å². The predicted molar refractivity (Wildman–Crippen MR) is 72.4 cm³/mol. The van der Waals surface area contributed by atoms with Gasteiger partial charge in [0.1, 0.15) is 0 Å². The summed E-state index contributed by atoms with van der Waals surface area (Å²) in [5.41, 5.74) is 1.30. The number of rotatable bonds is 7. The Bertz CT molecular complexity index is 323. The Kier molecular flexibility index (Phi) is 5.65. The van der Waals surface area contributed by atoms with E-state index in [9.17, 15) is 0 Å². The summed E-state index contributed by atoms with van der Waals surface area (Å²) in [5.74, 6) is 0. The Morgan fingerprint density at radius 1 is 1.22 bits per heavy atom. The van der Waals surface area contributed by atoms with Crippen LogP contribution < -0.4 is 0 Å². The number of aliphatic hydroxyl groups excluding tert-OH is 1. The quantitative estimate of drug-likeness (QED) is 0.803. The number of nitrogens with zero attached hydrogens (tertiary/aromatic N) is 1. The molecule has 100 valence electrons. The SMILES string of the molecule is OCCN(CCC1CCCO1)Cc1ccccc1. The molecule has 0 saturated carbocycles. The first-order valence-corrected chi connectivity index (χ1v) is 6.87. The van der Waals surface area contributed by atoms with E-state index in [4.69, 9.17) is 9.84 Å². The number of hydrogen-bond acceptors (Lipinski definition) is 3. The van der Waals surface area contributed by atoms with E-state index in [0.29, 0.717) is 6.10 Å². The van der Waals surface area contributed by atoms with Gasteiger partial charge in [0.05, 0.1) is 12.7 Å². The van der Waals surface area contributed by atoms with Crippen LogP contribution in [-0.4, -0.2) is 42.4 Å². The summed E-state index contributed by atoms with van der Waals surface area (Å²) in [7, 11) is 0. The summed E-state index contributed by atoms with van der Waals surface area (Å²) in [6.07, 6.45) is 3.90. The normalized spacial score (nSPS) is 19.6. The summed E-state index contributed by atoms with van der Waals surface area (Å²) < 4.78 is 5.64. The third-order valence-corrected chi connectivity index (χ3v) is 3.46. The van der Waals surface area contributed by atoms with Gasteiger partial charge in [0.15, 0.2) is 0 Å². The number of ether oxygens (including phenoxy) is 1. The highest BCUT2D eigenvalue weighted by Crippen LogP contribution is 2.16. The first kappa shape index (κ1) is 13.5. The average Bonchev–Trinajstić information content (AvgIpc) is 2.91. The van der Waals surface area contributed by atoms with Crippen molar-refractivity contribution >= 4 is 0 Å². The average molecular weight is 249 g/mol. The van der Waals surface area contributed by atoms with Crippen LogP contribution in [0.25, 0.3) is 0 Å². The Balaban J connectivity index is 1.79. The van der Waals surface area contributed by atoms with Gasteiger partial charge in [-0.05, 0) is 24.8 Å². The van der Waals surface area contributed by atoms with Crippen LogP contribution in [0.2, 0.25) is 0 Å². The smallest absolute Gasteiger partial charge is 0.0588 e. The lowest BCUT2D eigenvalue weighted by molar-refractivity contribution is 0.0871. The molecule has 1 fully saturated rings. The lowest BCUT2D eigenvalue weighted by Crippen LogP contribution is -2.29. The predicted octanol–water partition coefficient (Wildman–Crippen LogP) is 2.05. The fraction of sp³-hybridized carbons (Fsp3) is 0.600. The number of benzene rings is 1. The van der Waals surface area contributed by atoms with Crippen LogP contribution in [0.3, 0.4) is 0 Å². The molecule has 3 heteroatoms. The molecule has 3 nitrogen and oxygen atoms in total. The highest BCUT2D eigenvalue weighted by atomic mass is 16.5. The minimum Gasteiger partial charge on any atom is -0.395 e. The van der Waals surface area contributed by atoms with Crippen molar-refractivity contribution in [2.75, 3.05) is 26.3 Å². The summed E-state index contributed by atoms with van der Waals surface area (Å²) in [6, 6.07) is 10.4. The standard InChI is InChI=1S/C15H23NO2/c17-11-10-16(9-8-15-7-4-12-18-15)13-14-5-2-1-3-6-14/h1-3,5-6,15,17H,4,7-13H2. The Morgan fingerprint density at radius 2 is 2.06 bits per heavy atom. The van der Waals surface area contributed by atoms with Gasteiger partial charge >= 0.3 is 0 Å². The minimum atomic E-state index is 0.221. The summed E-state index contributed by atoms with van der Waals surface area (Å²) in [5, 5.41) is 9.13. The van der Waals surface area contributed by atoms with Crippen LogP contribution in [0.4, 0.5) is 0 Å². The molecule has 0 amide bonds. The Morgan fingerprint density at radius 3 is 2.72 bits per heavy atom. The molecule has 1 aromatic rings. The highest BCUT2D eigenvalue weighted by Gasteiger charge is 2.16. The molecule has 1 aromatic carbocycles. The van der Waals surface area contributed by atoms with E-state index < -0.39 is 0 Å².